The number of hydrogen-bond acceptors (Lipinski definition) is 3. The van der Waals surface area contributed by atoms with Gasteiger partial charge in [-0.05, 0) is 31.4 Å². The molecule has 0 saturated carbocycles. The summed E-state index contributed by atoms with van der Waals surface area (Å²) in [5, 5.41) is 2.85. The van der Waals surface area contributed by atoms with E-state index in [-0.39, 0.29) is 23.8 Å². The van der Waals surface area contributed by atoms with Gasteiger partial charge in [0.05, 0.1) is 11.7 Å². The van der Waals surface area contributed by atoms with Crippen LogP contribution in [-0.4, -0.2) is 33.8 Å². The SMILES string of the molecule is CCC1C(=O)NC(C(C)C)C(=O)N1C(C)c1ccccn1. The summed E-state index contributed by atoms with van der Waals surface area (Å²) < 4.78 is 0. The van der Waals surface area contributed by atoms with Crippen LogP contribution in [-0.2, 0) is 9.59 Å². The van der Waals surface area contributed by atoms with E-state index in [1.54, 1.807) is 11.1 Å². The maximum atomic E-state index is 12.8. The fourth-order valence-electron chi connectivity index (χ4n) is 2.81. The quantitative estimate of drug-likeness (QED) is 0.921. The minimum Gasteiger partial charge on any atom is -0.342 e. The van der Waals surface area contributed by atoms with Crippen molar-refractivity contribution in [3.05, 3.63) is 30.1 Å². The highest BCUT2D eigenvalue weighted by molar-refractivity contribution is 5.97. The van der Waals surface area contributed by atoms with Crippen LogP contribution in [0.4, 0.5) is 0 Å². The van der Waals surface area contributed by atoms with Crippen LogP contribution in [0.3, 0.4) is 0 Å². The fourth-order valence-corrected chi connectivity index (χ4v) is 2.81. The average molecular weight is 289 g/mol. The zero-order valence-corrected chi connectivity index (χ0v) is 13.0. The zero-order valence-electron chi connectivity index (χ0n) is 13.0. The summed E-state index contributed by atoms with van der Waals surface area (Å²) in [6.45, 7) is 7.74. The van der Waals surface area contributed by atoms with Crippen LogP contribution in [0.15, 0.2) is 24.4 Å². The third-order valence-electron chi connectivity index (χ3n) is 4.04. The number of hydrogen-bond donors (Lipinski definition) is 1. The van der Waals surface area contributed by atoms with Crippen molar-refractivity contribution in [2.75, 3.05) is 0 Å². The van der Waals surface area contributed by atoms with Crippen molar-refractivity contribution in [3.63, 3.8) is 0 Å². The van der Waals surface area contributed by atoms with Gasteiger partial charge in [0.15, 0.2) is 0 Å². The Hall–Kier alpha value is -1.91. The fraction of sp³-hybridized carbons (Fsp3) is 0.562. The second-order valence-corrected chi connectivity index (χ2v) is 5.83. The van der Waals surface area contributed by atoms with Crippen molar-refractivity contribution in [3.8, 4) is 0 Å². The van der Waals surface area contributed by atoms with Crippen LogP contribution in [0.1, 0.15) is 45.9 Å². The molecule has 0 aliphatic carbocycles. The van der Waals surface area contributed by atoms with Gasteiger partial charge in [-0.25, -0.2) is 0 Å². The van der Waals surface area contributed by atoms with Gasteiger partial charge in [-0.3, -0.25) is 14.6 Å². The van der Waals surface area contributed by atoms with Crippen molar-refractivity contribution < 1.29 is 9.59 Å². The summed E-state index contributed by atoms with van der Waals surface area (Å²) in [7, 11) is 0. The Morgan fingerprint density at radius 1 is 1.29 bits per heavy atom. The third-order valence-corrected chi connectivity index (χ3v) is 4.04. The van der Waals surface area contributed by atoms with Gasteiger partial charge < -0.3 is 10.2 Å². The van der Waals surface area contributed by atoms with Gasteiger partial charge in [0, 0.05) is 6.20 Å². The highest BCUT2D eigenvalue weighted by Gasteiger charge is 2.43. The number of piperazine rings is 1. The summed E-state index contributed by atoms with van der Waals surface area (Å²) >= 11 is 0. The Balaban J connectivity index is 2.36. The summed E-state index contributed by atoms with van der Waals surface area (Å²) in [6, 6.07) is 4.54. The first-order valence-corrected chi connectivity index (χ1v) is 7.50. The van der Waals surface area contributed by atoms with Crippen LogP contribution < -0.4 is 5.32 Å². The van der Waals surface area contributed by atoms with Crippen molar-refractivity contribution in [2.24, 2.45) is 5.92 Å². The normalized spacial score (nSPS) is 24.1. The van der Waals surface area contributed by atoms with E-state index in [1.807, 2.05) is 45.9 Å². The van der Waals surface area contributed by atoms with Crippen molar-refractivity contribution in [2.45, 2.75) is 52.2 Å². The highest BCUT2D eigenvalue weighted by Crippen LogP contribution is 2.27. The van der Waals surface area contributed by atoms with Gasteiger partial charge in [-0.1, -0.05) is 26.8 Å². The van der Waals surface area contributed by atoms with Crippen LogP contribution >= 0.6 is 0 Å². The maximum absolute atomic E-state index is 12.8. The second-order valence-electron chi connectivity index (χ2n) is 5.83. The topological polar surface area (TPSA) is 62.3 Å². The highest BCUT2D eigenvalue weighted by atomic mass is 16.2. The molecule has 3 unspecified atom stereocenters. The Kier molecular flexibility index (Phi) is 4.60. The zero-order chi connectivity index (χ0) is 15.6. The molecule has 5 nitrogen and oxygen atoms in total. The molecule has 0 bridgehead atoms. The molecule has 1 aliphatic rings. The molecule has 1 fully saturated rings. The minimum atomic E-state index is -0.452. The summed E-state index contributed by atoms with van der Waals surface area (Å²) in [6.07, 6.45) is 2.31. The largest absolute Gasteiger partial charge is 0.342 e. The molecule has 0 spiro atoms. The third kappa shape index (κ3) is 2.91. The monoisotopic (exact) mass is 289 g/mol. The van der Waals surface area contributed by atoms with E-state index in [2.05, 4.69) is 10.3 Å². The number of aromatic nitrogens is 1. The molecule has 5 heteroatoms. The molecule has 1 N–H and O–H groups in total. The van der Waals surface area contributed by atoms with Crippen LogP contribution in [0.25, 0.3) is 0 Å². The Morgan fingerprint density at radius 3 is 2.52 bits per heavy atom. The number of amides is 2. The predicted octanol–water partition coefficient (Wildman–Crippen LogP) is 1.90. The molecule has 1 aliphatic heterocycles. The second kappa shape index (κ2) is 6.24. The molecule has 1 saturated heterocycles. The molecular formula is C16H23N3O2. The van der Waals surface area contributed by atoms with Crippen LogP contribution in [0.2, 0.25) is 0 Å². The lowest BCUT2D eigenvalue weighted by molar-refractivity contribution is -0.153. The molecule has 1 aromatic heterocycles. The summed E-state index contributed by atoms with van der Waals surface area (Å²) in [4.78, 5) is 31.1. The number of rotatable bonds is 4. The Morgan fingerprint density at radius 2 is 2.00 bits per heavy atom. The molecular weight excluding hydrogens is 266 g/mol. The van der Waals surface area contributed by atoms with Crippen molar-refractivity contribution in [1.82, 2.24) is 15.2 Å². The first kappa shape index (κ1) is 15.5. The van der Waals surface area contributed by atoms with E-state index in [4.69, 9.17) is 0 Å². The molecule has 2 rings (SSSR count). The van der Waals surface area contributed by atoms with Crippen LogP contribution in [0, 0.1) is 5.92 Å². The first-order valence-electron chi connectivity index (χ1n) is 7.50. The first-order chi connectivity index (χ1) is 9.97. The Bertz CT molecular complexity index is 516. The van der Waals surface area contributed by atoms with Crippen LogP contribution in [0.5, 0.6) is 0 Å². The van der Waals surface area contributed by atoms with Crippen molar-refractivity contribution >= 4 is 11.8 Å². The van der Waals surface area contributed by atoms with Gasteiger partial charge in [0.1, 0.15) is 12.1 Å². The molecule has 21 heavy (non-hydrogen) atoms. The Labute approximate surface area is 125 Å². The van der Waals surface area contributed by atoms with E-state index in [0.29, 0.717) is 6.42 Å². The lowest BCUT2D eigenvalue weighted by atomic mass is 9.95. The van der Waals surface area contributed by atoms with E-state index in [9.17, 15) is 9.59 Å². The van der Waals surface area contributed by atoms with Gasteiger partial charge in [0.25, 0.3) is 0 Å². The average Bonchev–Trinajstić information content (AvgIpc) is 2.48. The van der Waals surface area contributed by atoms with Crippen molar-refractivity contribution in [1.29, 1.82) is 0 Å². The predicted molar refractivity (Wildman–Crippen MR) is 80.3 cm³/mol. The van der Waals surface area contributed by atoms with Gasteiger partial charge in [0.2, 0.25) is 11.8 Å². The number of carbonyl (C=O) groups excluding carboxylic acids is 2. The molecule has 3 atom stereocenters. The molecule has 0 aromatic carbocycles. The van der Waals surface area contributed by atoms with E-state index in [1.165, 1.54) is 0 Å². The van der Waals surface area contributed by atoms with E-state index < -0.39 is 12.1 Å². The maximum Gasteiger partial charge on any atom is 0.246 e. The molecule has 1 aromatic rings. The molecule has 114 valence electrons. The van der Waals surface area contributed by atoms with Gasteiger partial charge >= 0.3 is 0 Å². The summed E-state index contributed by atoms with van der Waals surface area (Å²) in [5.74, 6) is -0.0223. The number of pyridine rings is 1. The number of nitrogens with zero attached hydrogens (tertiary/aromatic N) is 2. The molecule has 2 heterocycles. The summed E-state index contributed by atoms with van der Waals surface area (Å²) in [5.41, 5.74) is 0.807. The number of nitrogens with one attached hydrogen (secondary N) is 1. The van der Waals surface area contributed by atoms with E-state index >= 15 is 0 Å². The molecule has 2 amide bonds. The molecule has 0 radical (unpaired) electrons. The van der Waals surface area contributed by atoms with E-state index in [0.717, 1.165) is 5.69 Å². The lowest BCUT2D eigenvalue weighted by Gasteiger charge is -2.43. The standard InChI is InChI=1S/C16H23N3O2/c1-5-13-15(20)18-14(10(2)3)16(21)19(13)11(4)12-8-6-7-9-17-12/h6-11,13-14H,5H2,1-4H3,(H,18,20). The van der Waals surface area contributed by atoms with Gasteiger partial charge in [-0.2, -0.15) is 0 Å². The minimum absolute atomic E-state index is 0.0189. The lowest BCUT2D eigenvalue weighted by Crippen LogP contribution is -2.64. The smallest absolute Gasteiger partial charge is 0.246 e. The van der Waals surface area contributed by atoms with Gasteiger partial charge in [-0.15, -0.1) is 0 Å². The number of carbonyl (C=O) groups is 2.